The second kappa shape index (κ2) is 8.17. The summed E-state index contributed by atoms with van der Waals surface area (Å²) in [5.74, 6) is -0.575. The molecule has 146 valence electrons. The lowest BCUT2D eigenvalue weighted by Gasteiger charge is -2.30. The number of hydrogen-bond donors (Lipinski definition) is 2. The number of aliphatic carboxylic acids is 1. The first-order chi connectivity index (χ1) is 13.4. The van der Waals surface area contributed by atoms with Gasteiger partial charge in [-0.25, -0.2) is 0 Å². The first-order valence-electron chi connectivity index (χ1n) is 9.12. The molecule has 0 aliphatic carbocycles. The quantitative estimate of drug-likeness (QED) is 0.626. The van der Waals surface area contributed by atoms with E-state index in [2.05, 4.69) is 5.32 Å². The topological polar surface area (TPSA) is 80.6 Å². The van der Waals surface area contributed by atoms with Crippen LogP contribution in [0.4, 0.5) is 0 Å². The molecule has 1 atom stereocenters. The molecular weight excluding hydrogens is 356 g/mol. The van der Waals surface area contributed by atoms with Crippen LogP contribution in [0.1, 0.15) is 25.3 Å². The van der Waals surface area contributed by atoms with Gasteiger partial charge in [-0.3, -0.25) is 9.59 Å². The van der Waals surface area contributed by atoms with Crippen LogP contribution >= 0.6 is 0 Å². The average Bonchev–Trinajstić information content (AvgIpc) is 3.09. The van der Waals surface area contributed by atoms with Gasteiger partial charge in [-0.15, -0.1) is 0 Å². The highest BCUT2D eigenvalue weighted by Gasteiger charge is 2.31. The molecule has 0 spiro atoms. The molecule has 0 radical (unpaired) electrons. The molecule has 2 N–H and O–H groups in total. The molecule has 0 saturated heterocycles. The Morgan fingerprint density at radius 1 is 1.14 bits per heavy atom. The summed E-state index contributed by atoms with van der Waals surface area (Å²) >= 11 is 0. The van der Waals surface area contributed by atoms with E-state index in [1.54, 1.807) is 38.3 Å². The van der Waals surface area contributed by atoms with Gasteiger partial charge in [0.05, 0.1) is 19.1 Å². The van der Waals surface area contributed by atoms with Crippen molar-refractivity contribution in [1.82, 2.24) is 9.88 Å². The molecule has 3 rings (SSSR count). The number of hydrogen-bond acceptors (Lipinski definition) is 3. The molecule has 2 aromatic carbocycles. The molecule has 28 heavy (non-hydrogen) atoms. The van der Waals surface area contributed by atoms with Crippen molar-refractivity contribution in [1.29, 1.82) is 0 Å². The Labute approximate surface area is 163 Å². The maximum Gasteiger partial charge on any atom is 0.306 e. The number of fused-ring (bicyclic) bond motifs is 1. The summed E-state index contributed by atoms with van der Waals surface area (Å²) in [5, 5.41) is 13.4. The van der Waals surface area contributed by atoms with E-state index in [9.17, 15) is 14.7 Å². The number of para-hydroxylation sites is 1. The van der Waals surface area contributed by atoms with Crippen LogP contribution in [0.5, 0.6) is 5.75 Å². The summed E-state index contributed by atoms with van der Waals surface area (Å²) in [4.78, 5) is 24.1. The van der Waals surface area contributed by atoms with E-state index in [1.807, 2.05) is 41.1 Å². The maximum absolute atomic E-state index is 12.7. The Morgan fingerprint density at radius 3 is 2.68 bits per heavy atom. The number of carboxylic acid groups (broad SMARTS) is 1. The van der Waals surface area contributed by atoms with Crippen molar-refractivity contribution in [3.63, 3.8) is 0 Å². The molecule has 0 saturated carbocycles. The zero-order valence-corrected chi connectivity index (χ0v) is 16.0. The van der Waals surface area contributed by atoms with E-state index in [0.29, 0.717) is 17.9 Å². The molecule has 1 aromatic heterocycles. The molecule has 1 unspecified atom stereocenters. The second-order valence-corrected chi connectivity index (χ2v) is 7.00. The highest BCUT2D eigenvalue weighted by Crippen LogP contribution is 2.28. The fourth-order valence-corrected chi connectivity index (χ4v) is 3.41. The van der Waals surface area contributed by atoms with Gasteiger partial charge in [0.25, 0.3) is 0 Å². The fraction of sp³-hybridized carbons (Fsp3) is 0.273. The molecule has 0 aliphatic rings. The van der Waals surface area contributed by atoms with Crippen LogP contribution in [-0.2, 0) is 21.7 Å². The first kappa shape index (κ1) is 19.5. The van der Waals surface area contributed by atoms with Crippen molar-refractivity contribution >= 4 is 22.8 Å². The first-order valence-corrected chi connectivity index (χ1v) is 9.12. The monoisotopic (exact) mass is 380 g/mol. The fourth-order valence-electron chi connectivity index (χ4n) is 3.41. The van der Waals surface area contributed by atoms with Gasteiger partial charge in [-0.2, -0.15) is 0 Å². The minimum Gasteiger partial charge on any atom is -0.497 e. The third-order valence-electron chi connectivity index (χ3n) is 4.89. The molecule has 1 heterocycles. The van der Waals surface area contributed by atoms with Crippen molar-refractivity contribution in [2.24, 2.45) is 0 Å². The van der Waals surface area contributed by atoms with Gasteiger partial charge in [0.1, 0.15) is 5.75 Å². The van der Waals surface area contributed by atoms with E-state index in [-0.39, 0.29) is 18.7 Å². The van der Waals surface area contributed by atoms with Gasteiger partial charge in [-0.1, -0.05) is 30.3 Å². The minimum absolute atomic E-state index is 0.204. The Kier molecular flexibility index (Phi) is 5.68. The number of carbonyl (C=O) groups excluding carboxylic acids is 1. The van der Waals surface area contributed by atoms with Gasteiger partial charge < -0.3 is 19.7 Å². The van der Waals surface area contributed by atoms with Crippen LogP contribution in [0.25, 0.3) is 10.9 Å². The van der Waals surface area contributed by atoms with E-state index in [4.69, 9.17) is 4.74 Å². The predicted molar refractivity (Wildman–Crippen MR) is 107 cm³/mol. The number of methoxy groups -OCH3 is 1. The summed E-state index contributed by atoms with van der Waals surface area (Å²) < 4.78 is 7.26. The van der Waals surface area contributed by atoms with E-state index in [0.717, 1.165) is 10.9 Å². The van der Waals surface area contributed by atoms with Crippen LogP contribution in [0.2, 0.25) is 0 Å². The predicted octanol–water partition coefficient (Wildman–Crippen LogP) is 3.55. The Morgan fingerprint density at radius 2 is 1.93 bits per heavy atom. The van der Waals surface area contributed by atoms with Gasteiger partial charge in [0.15, 0.2) is 0 Å². The third-order valence-corrected chi connectivity index (χ3v) is 4.89. The summed E-state index contributed by atoms with van der Waals surface area (Å²) in [6.07, 6.45) is 1.98. The normalized spacial score (nSPS) is 13.1. The minimum atomic E-state index is -1.03. The average molecular weight is 380 g/mol. The summed E-state index contributed by atoms with van der Waals surface area (Å²) in [7, 11) is 1.55. The zero-order chi connectivity index (χ0) is 20.1. The SMILES string of the molecule is COc1cccc(C(C)(CC(=O)O)NC(=O)CCn2ccc3ccccc32)c1. The third kappa shape index (κ3) is 4.34. The van der Waals surface area contributed by atoms with Crippen LogP contribution in [0, 0.1) is 0 Å². The molecule has 6 heteroatoms. The lowest BCUT2D eigenvalue weighted by atomic mass is 9.88. The number of amides is 1. The summed E-state index contributed by atoms with van der Waals surface area (Å²) in [6.45, 7) is 2.24. The van der Waals surface area contributed by atoms with Crippen LogP contribution in [0.3, 0.4) is 0 Å². The maximum atomic E-state index is 12.7. The smallest absolute Gasteiger partial charge is 0.306 e. The number of nitrogens with one attached hydrogen (secondary N) is 1. The lowest BCUT2D eigenvalue weighted by Crippen LogP contribution is -2.45. The summed E-state index contributed by atoms with van der Waals surface area (Å²) in [6, 6.07) is 17.1. The van der Waals surface area contributed by atoms with E-state index < -0.39 is 11.5 Å². The molecule has 0 fully saturated rings. The van der Waals surface area contributed by atoms with Gasteiger partial charge in [0.2, 0.25) is 5.91 Å². The highest BCUT2D eigenvalue weighted by atomic mass is 16.5. The Bertz CT molecular complexity index is 995. The Balaban J connectivity index is 1.74. The lowest BCUT2D eigenvalue weighted by molar-refractivity contribution is -0.139. The molecule has 0 bridgehead atoms. The highest BCUT2D eigenvalue weighted by molar-refractivity contribution is 5.81. The number of aryl methyl sites for hydroxylation is 1. The standard InChI is InChI=1S/C22H24N2O4/c1-22(15-21(26)27,17-7-5-8-18(14-17)28-2)23-20(25)11-13-24-12-10-16-6-3-4-9-19(16)24/h3-10,12,14H,11,13,15H2,1-2H3,(H,23,25)(H,26,27). The second-order valence-electron chi connectivity index (χ2n) is 7.00. The van der Waals surface area contributed by atoms with Crippen molar-refractivity contribution in [3.05, 3.63) is 66.4 Å². The molecular formula is C22H24N2O4. The van der Waals surface area contributed by atoms with E-state index >= 15 is 0 Å². The van der Waals surface area contributed by atoms with Crippen molar-refractivity contribution in [3.8, 4) is 5.75 Å². The number of carbonyl (C=O) groups is 2. The van der Waals surface area contributed by atoms with Gasteiger partial charge in [0, 0.05) is 24.7 Å². The molecule has 3 aromatic rings. The van der Waals surface area contributed by atoms with Crippen molar-refractivity contribution < 1.29 is 19.4 Å². The van der Waals surface area contributed by atoms with Gasteiger partial charge in [-0.05, 0) is 42.1 Å². The Hall–Kier alpha value is -3.28. The van der Waals surface area contributed by atoms with Crippen LogP contribution in [0.15, 0.2) is 60.8 Å². The molecule has 1 amide bonds. The number of carboxylic acids is 1. The molecule has 0 aliphatic heterocycles. The largest absolute Gasteiger partial charge is 0.497 e. The van der Waals surface area contributed by atoms with Gasteiger partial charge >= 0.3 is 5.97 Å². The number of benzene rings is 2. The van der Waals surface area contributed by atoms with Crippen LogP contribution < -0.4 is 10.1 Å². The van der Waals surface area contributed by atoms with E-state index in [1.165, 1.54) is 0 Å². The zero-order valence-electron chi connectivity index (χ0n) is 16.0. The summed E-state index contributed by atoms with van der Waals surface area (Å²) in [5.41, 5.74) is 0.723. The number of nitrogens with zero attached hydrogens (tertiary/aromatic N) is 1. The number of ether oxygens (including phenoxy) is 1. The van der Waals surface area contributed by atoms with Crippen molar-refractivity contribution in [2.45, 2.75) is 31.8 Å². The van der Waals surface area contributed by atoms with Crippen molar-refractivity contribution in [2.75, 3.05) is 7.11 Å². The molecule has 6 nitrogen and oxygen atoms in total. The number of rotatable bonds is 8. The van der Waals surface area contributed by atoms with Crippen LogP contribution in [-0.4, -0.2) is 28.7 Å². The number of aromatic nitrogens is 1.